The second kappa shape index (κ2) is 9.81. The fraction of sp³-hybridized carbons (Fsp3) is 0.333. The number of aryl methyl sites for hydroxylation is 1. The third kappa shape index (κ3) is 4.30. The third-order valence-corrected chi connectivity index (χ3v) is 5.76. The number of carbonyl (C=O) groups excluding carboxylic acids is 2. The average molecular weight is 427 g/mol. The molecule has 1 aliphatic heterocycles. The summed E-state index contributed by atoms with van der Waals surface area (Å²) in [5.74, 6) is -0.245. The molecule has 2 heterocycles. The van der Waals surface area contributed by atoms with Gasteiger partial charge in [-0.3, -0.25) is 9.59 Å². The fourth-order valence-corrected chi connectivity index (χ4v) is 4.08. The van der Waals surface area contributed by atoms with Crippen LogP contribution in [0, 0.1) is 0 Å². The maximum atomic E-state index is 13.3. The molecule has 8 heteroatoms. The van der Waals surface area contributed by atoms with Crippen LogP contribution in [-0.4, -0.2) is 41.7 Å². The Morgan fingerprint density at radius 3 is 2.56 bits per heavy atom. The van der Waals surface area contributed by atoms with Gasteiger partial charge in [0.2, 0.25) is 11.8 Å². The fourth-order valence-electron chi connectivity index (χ4n) is 4.08. The van der Waals surface area contributed by atoms with Crippen molar-refractivity contribution in [3.8, 4) is 22.5 Å². The van der Waals surface area contributed by atoms with Gasteiger partial charge in [-0.15, -0.1) is 5.10 Å². The normalized spacial score (nSPS) is 12.2. The summed E-state index contributed by atoms with van der Waals surface area (Å²) in [6.07, 6.45) is 2.71. The Hall–Kier alpha value is -3.42. The van der Waals surface area contributed by atoms with E-state index >= 15 is 0 Å². The molecule has 7 nitrogen and oxygen atoms in total. The number of nitrogens with zero attached hydrogens (tertiary/aromatic N) is 4. The van der Waals surface area contributed by atoms with Gasteiger partial charge in [-0.1, -0.05) is 60.4 Å². The number of rotatable bonds is 7. The van der Waals surface area contributed by atoms with Crippen LogP contribution in [-0.2, 0) is 22.7 Å². The molecule has 162 valence electrons. The zero-order valence-corrected chi connectivity index (χ0v) is 18.3. The van der Waals surface area contributed by atoms with Crippen LogP contribution in [0.15, 0.2) is 48.5 Å². The summed E-state index contributed by atoms with van der Waals surface area (Å²) < 4.78 is 1.92. The largest absolute Gasteiger partial charge is 0.359 e. The van der Waals surface area contributed by atoms with Crippen molar-refractivity contribution in [3.63, 3.8) is 0 Å². The maximum absolute atomic E-state index is 13.3. The van der Waals surface area contributed by atoms with E-state index in [1.54, 1.807) is 11.9 Å². The van der Waals surface area contributed by atoms with Crippen molar-refractivity contribution in [2.75, 3.05) is 11.9 Å². The summed E-state index contributed by atoms with van der Waals surface area (Å²) in [5.41, 5.74) is 5.37. The summed E-state index contributed by atoms with van der Waals surface area (Å²) in [5, 5.41) is 11.6. The zero-order valence-electron chi connectivity index (χ0n) is 18.3. The van der Waals surface area contributed by atoms with Crippen LogP contribution in [0.1, 0.15) is 31.2 Å². The first-order valence-corrected chi connectivity index (χ1v) is 11.0. The first-order chi connectivity index (χ1) is 15.6. The van der Waals surface area contributed by atoms with Crippen molar-refractivity contribution in [2.45, 2.75) is 45.1 Å². The molecular formula is C24H26BN5O2. The minimum Gasteiger partial charge on any atom is -0.359 e. The second-order valence-corrected chi connectivity index (χ2v) is 7.83. The van der Waals surface area contributed by atoms with Crippen LogP contribution in [0.2, 0.25) is 6.32 Å². The van der Waals surface area contributed by atoms with Crippen molar-refractivity contribution in [2.24, 2.45) is 0 Å². The van der Waals surface area contributed by atoms with Crippen molar-refractivity contribution in [1.82, 2.24) is 20.3 Å². The Kier molecular flexibility index (Phi) is 6.68. The lowest BCUT2D eigenvalue weighted by atomic mass is 9.95. The van der Waals surface area contributed by atoms with Crippen LogP contribution in [0.3, 0.4) is 0 Å². The summed E-state index contributed by atoms with van der Waals surface area (Å²) >= 11 is 0. The predicted octanol–water partition coefficient (Wildman–Crippen LogP) is 3.35. The number of para-hydroxylation sites is 1. The molecule has 0 fully saturated rings. The molecule has 3 aromatic rings. The van der Waals surface area contributed by atoms with Crippen molar-refractivity contribution < 1.29 is 9.59 Å². The predicted molar refractivity (Wildman–Crippen MR) is 125 cm³/mol. The Bertz CT molecular complexity index is 1130. The van der Waals surface area contributed by atoms with Gasteiger partial charge in [0.15, 0.2) is 0 Å². The van der Waals surface area contributed by atoms with E-state index in [0.717, 1.165) is 46.6 Å². The topological polar surface area (TPSA) is 80.1 Å². The van der Waals surface area contributed by atoms with E-state index in [4.69, 9.17) is 7.85 Å². The highest BCUT2D eigenvalue weighted by molar-refractivity contribution is 6.08. The Balaban J connectivity index is 1.84. The average Bonchev–Trinajstić information content (AvgIpc) is 3.23. The number of amides is 2. The lowest BCUT2D eigenvalue weighted by molar-refractivity contribution is -0.125. The SMILES string of the molecule is [B]CCCCn1nnc2c1-c1ccccc1N(C(=O)CCC(=O)NC)Cc1ccccc1-2. The Labute approximate surface area is 189 Å². The molecule has 2 aromatic carbocycles. The number of aromatic nitrogens is 3. The van der Waals surface area contributed by atoms with Crippen molar-refractivity contribution >= 4 is 25.3 Å². The summed E-state index contributed by atoms with van der Waals surface area (Å²) in [6.45, 7) is 1.10. The monoisotopic (exact) mass is 427 g/mol. The molecule has 1 N–H and O–H groups in total. The van der Waals surface area contributed by atoms with Crippen LogP contribution in [0.5, 0.6) is 0 Å². The van der Waals surface area contributed by atoms with Gasteiger partial charge in [0.1, 0.15) is 5.69 Å². The van der Waals surface area contributed by atoms with Gasteiger partial charge in [-0.05, 0) is 18.1 Å². The van der Waals surface area contributed by atoms with Crippen LogP contribution < -0.4 is 10.2 Å². The molecule has 0 saturated heterocycles. The summed E-state index contributed by atoms with van der Waals surface area (Å²) in [6, 6.07) is 15.8. The molecule has 4 rings (SSSR count). The standard InChI is InChI=1S/C24H26BN5O2/c1-26-21(31)12-13-22(32)29-16-17-8-2-3-9-18(17)23-24(19-10-4-5-11-20(19)29)30(28-27-23)15-7-6-14-25/h2-5,8-11H,6-7,12-16H2,1H3,(H,26,31). The highest BCUT2D eigenvalue weighted by Crippen LogP contribution is 2.41. The highest BCUT2D eigenvalue weighted by Gasteiger charge is 2.29. The molecule has 0 aliphatic carbocycles. The molecule has 0 spiro atoms. The Morgan fingerprint density at radius 1 is 1.03 bits per heavy atom. The number of carbonyl (C=O) groups is 2. The molecule has 2 amide bonds. The van der Waals surface area contributed by atoms with E-state index in [1.807, 2.05) is 53.2 Å². The van der Waals surface area contributed by atoms with Crippen LogP contribution in [0.4, 0.5) is 5.69 Å². The smallest absolute Gasteiger partial charge is 0.227 e. The van der Waals surface area contributed by atoms with E-state index in [9.17, 15) is 9.59 Å². The van der Waals surface area contributed by atoms with Gasteiger partial charge in [0.25, 0.3) is 0 Å². The van der Waals surface area contributed by atoms with E-state index < -0.39 is 0 Å². The van der Waals surface area contributed by atoms with E-state index in [1.165, 1.54) is 0 Å². The minimum atomic E-state index is -0.149. The lowest BCUT2D eigenvalue weighted by Crippen LogP contribution is -2.33. The summed E-state index contributed by atoms with van der Waals surface area (Å²) in [4.78, 5) is 26.8. The summed E-state index contributed by atoms with van der Waals surface area (Å²) in [7, 11) is 7.26. The Morgan fingerprint density at radius 2 is 1.78 bits per heavy atom. The third-order valence-electron chi connectivity index (χ3n) is 5.76. The van der Waals surface area contributed by atoms with Crippen molar-refractivity contribution in [1.29, 1.82) is 0 Å². The zero-order chi connectivity index (χ0) is 22.5. The van der Waals surface area contributed by atoms with Gasteiger partial charge in [0.05, 0.1) is 25.8 Å². The number of hydrogen-bond acceptors (Lipinski definition) is 4. The molecule has 0 saturated carbocycles. The first kappa shape index (κ1) is 21.8. The van der Waals surface area contributed by atoms with E-state index in [0.29, 0.717) is 19.4 Å². The number of fused-ring (bicyclic) bond motifs is 5. The van der Waals surface area contributed by atoms with Crippen LogP contribution in [0.25, 0.3) is 22.5 Å². The van der Waals surface area contributed by atoms with Gasteiger partial charge in [-0.2, -0.15) is 0 Å². The molecule has 0 bridgehead atoms. The molecular weight excluding hydrogens is 401 g/mol. The second-order valence-electron chi connectivity index (χ2n) is 7.83. The number of benzene rings is 2. The van der Waals surface area contributed by atoms with Gasteiger partial charge < -0.3 is 10.2 Å². The molecule has 2 radical (unpaired) electrons. The number of hydrogen-bond donors (Lipinski definition) is 1. The van der Waals surface area contributed by atoms with E-state index in [2.05, 4.69) is 15.6 Å². The molecule has 1 aromatic heterocycles. The lowest BCUT2D eigenvalue weighted by Gasteiger charge is -2.28. The quantitative estimate of drug-likeness (QED) is 0.463. The number of unbranched alkanes of at least 4 members (excludes halogenated alkanes) is 1. The van der Waals surface area contributed by atoms with Gasteiger partial charge in [-0.25, -0.2) is 4.68 Å². The van der Waals surface area contributed by atoms with E-state index in [-0.39, 0.29) is 24.7 Å². The molecule has 0 atom stereocenters. The minimum absolute atomic E-state index is 0.0959. The van der Waals surface area contributed by atoms with Gasteiger partial charge in [0, 0.05) is 37.6 Å². The van der Waals surface area contributed by atoms with Crippen molar-refractivity contribution in [3.05, 3.63) is 54.1 Å². The maximum Gasteiger partial charge on any atom is 0.227 e. The van der Waals surface area contributed by atoms with Gasteiger partial charge >= 0.3 is 0 Å². The van der Waals surface area contributed by atoms with Crippen LogP contribution >= 0.6 is 0 Å². The number of anilines is 1. The molecule has 1 aliphatic rings. The molecule has 0 unspecified atom stereocenters. The highest BCUT2D eigenvalue weighted by atomic mass is 16.2. The molecule has 32 heavy (non-hydrogen) atoms. The first-order valence-electron chi connectivity index (χ1n) is 11.0. The number of nitrogens with one attached hydrogen (secondary N) is 1.